The van der Waals surface area contributed by atoms with Crippen LogP contribution in [0, 0.1) is 17.8 Å². The number of hydrogen-bond donors (Lipinski definition) is 3. The first-order valence-electron chi connectivity index (χ1n) is 11.2. The van der Waals surface area contributed by atoms with E-state index in [9.17, 15) is 9.90 Å². The molecule has 156 valence electrons. The van der Waals surface area contributed by atoms with Crippen molar-refractivity contribution in [3.05, 3.63) is 35.9 Å². The van der Waals surface area contributed by atoms with Gasteiger partial charge in [0.25, 0.3) is 5.91 Å². The molecule has 2 aliphatic rings. The maximum atomic E-state index is 13.1. The molecule has 2 bridgehead atoms. The third-order valence-corrected chi connectivity index (χ3v) is 6.88. The van der Waals surface area contributed by atoms with Crippen LogP contribution in [-0.4, -0.2) is 28.7 Å². The predicted molar refractivity (Wildman–Crippen MR) is 114 cm³/mol. The Bertz CT molecular complexity index is 633. The summed E-state index contributed by atoms with van der Waals surface area (Å²) < 4.78 is 0. The van der Waals surface area contributed by atoms with Crippen LogP contribution in [0.15, 0.2) is 30.3 Å². The van der Waals surface area contributed by atoms with Gasteiger partial charge in [0.1, 0.15) is 5.60 Å². The van der Waals surface area contributed by atoms with Gasteiger partial charge in [0.05, 0.1) is 0 Å². The van der Waals surface area contributed by atoms with E-state index in [2.05, 4.69) is 31.3 Å². The van der Waals surface area contributed by atoms with Gasteiger partial charge in [-0.1, -0.05) is 50.6 Å². The molecule has 0 radical (unpaired) electrons. The molecule has 2 saturated carbocycles. The number of nitrogens with two attached hydrogens (primary N) is 1. The first-order chi connectivity index (χ1) is 13.4. The zero-order chi connectivity index (χ0) is 20.1. The smallest absolute Gasteiger partial charge is 0.252 e. The lowest BCUT2D eigenvalue weighted by Crippen LogP contribution is -2.52. The molecule has 3 rings (SSSR count). The van der Waals surface area contributed by atoms with Crippen molar-refractivity contribution >= 4 is 5.91 Å². The van der Waals surface area contributed by atoms with E-state index in [1.807, 2.05) is 18.2 Å². The number of hydrogen-bond acceptors (Lipinski definition) is 3. The summed E-state index contributed by atoms with van der Waals surface area (Å²) in [5, 5.41) is 14.5. The number of benzene rings is 1. The largest absolute Gasteiger partial charge is 0.380 e. The van der Waals surface area contributed by atoms with Crippen molar-refractivity contribution in [1.82, 2.24) is 5.32 Å². The van der Waals surface area contributed by atoms with Crippen molar-refractivity contribution in [2.24, 2.45) is 23.5 Å². The molecule has 4 heteroatoms. The molecule has 4 nitrogen and oxygen atoms in total. The fraction of sp³-hybridized carbons (Fsp3) is 0.708. The second kappa shape index (κ2) is 9.41. The van der Waals surface area contributed by atoms with Crippen molar-refractivity contribution in [2.75, 3.05) is 0 Å². The summed E-state index contributed by atoms with van der Waals surface area (Å²) in [4.78, 5) is 13.1. The van der Waals surface area contributed by atoms with Crippen molar-refractivity contribution in [1.29, 1.82) is 0 Å². The number of nitrogens with one attached hydrogen (secondary N) is 1. The highest BCUT2D eigenvalue weighted by Crippen LogP contribution is 2.44. The molecule has 4 N–H and O–H groups in total. The number of rotatable bonds is 10. The van der Waals surface area contributed by atoms with Crippen LogP contribution in [0.25, 0.3) is 0 Å². The highest BCUT2D eigenvalue weighted by molar-refractivity contribution is 5.85. The van der Waals surface area contributed by atoms with Gasteiger partial charge >= 0.3 is 0 Å². The van der Waals surface area contributed by atoms with Crippen molar-refractivity contribution in [3.8, 4) is 0 Å². The highest BCUT2D eigenvalue weighted by Gasteiger charge is 2.43. The average molecular weight is 387 g/mol. The minimum Gasteiger partial charge on any atom is -0.380 e. The first kappa shape index (κ1) is 21.3. The Morgan fingerprint density at radius 3 is 2.50 bits per heavy atom. The SMILES string of the molecule is CC(C)CC[C@@](O)(CC[C@H](N)Cc1ccccc1)C(=O)NC1C[C@H]2CCC1C2. The fourth-order valence-corrected chi connectivity index (χ4v) is 5.05. The molecular formula is C24H38N2O2. The van der Waals surface area contributed by atoms with Crippen LogP contribution in [-0.2, 0) is 11.2 Å². The summed E-state index contributed by atoms with van der Waals surface area (Å²) >= 11 is 0. The maximum Gasteiger partial charge on any atom is 0.252 e. The standard InChI is InChI=1S/C24H38N2O2/c1-17(2)10-12-24(28,13-11-21(25)15-18-6-4-3-5-7-18)23(27)26-22-16-19-8-9-20(22)14-19/h3-7,17,19-22,28H,8-16,25H2,1-2H3,(H,26,27)/t19-,20?,21-,22?,24+/m0/s1. The molecule has 2 unspecified atom stereocenters. The van der Waals surface area contributed by atoms with Gasteiger partial charge in [0, 0.05) is 12.1 Å². The lowest BCUT2D eigenvalue weighted by molar-refractivity contribution is -0.143. The van der Waals surface area contributed by atoms with Crippen molar-refractivity contribution in [2.45, 2.75) is 89.3 Å². The van der Waals surface area contributed by atoms with E-state index in [0.717, 1.165) is 25.2 Å². The Balaban J connectivity index is 1.57. The monoisotopic (exact) mass is 386 g/mol. The molecule has 0 saturated heterocycles. The normalized spacial score (nSPS) is 27.0. The van der Waals surface area contributed by atoms with Gasteiger partial charge in [-0.3, -0.25) is 4.79 Å². The Kier molecular flexibility index (Phi) is 7.16. The summed E-state index contributed by atoms with van der Waals surface area (Å²) in [6, 6.07) is 10.4. The number of fused-ring (bicyclic) bond motifs is 2. The summed E-state index contributed by atoms with van der Waals surface area (Å²) in [7, 11) is 0. The molecule has 0 spiro atoms. The van der Waals surface area contributed by atoms with Crippen LogP contribution >= 0.6 is 0 Å². The molecule has 2 aliphatic carbocycles. The van der Waals surface area contributed by atoms with Gasteiger partial charge in [-0.15, -0.1) is 0 Å². The summed E-state index contributed by atoms with van der Waals surface area (Å²) in [6.45, 7) is 4.27. The van der Waals surface area contributed by atoms with Gasteiger partial charge in [-0.2, -0.15) is 0 Å². The molecule has 1 aromatic rings. The summed E-state index contributed by atoms with van der Waals surface area (Å²) in [6.07, 6.45) is 8.07. The Morgan fingerprint density at radius 2 is 1.89 bits per heavy atom. The van der Waals surface area contributed by atoms with E-state index in [1.165, 1.54) is 24.8 Å². The van der Waals surface area contributed by atoms with Crippen molar-refractivity contribution < 1.29 is 9.90 Å². The van der Waals surface area contributed by atoms with E-state index in [0.29, 0.717) is 31.1 Å². The van der Waals surface area contributed by atoms with Crippen LogP contribution in [0.3, 0.4) is 0 Å². The number of aliphatic hydroxyl groups is 1. The quantitative estimate of drug-likeness (QED) is 0.572. The molecular weight excluding hydrogens is 348 g/mol. The predicted octanol–water partition coefficient (Wildman–Crippen LogP) is 3.81. The zero-order valence-electron chi connectivity index (χ0n) is 17.6. The number of carbonyl (C=O) groups is 1. The van der Waals surface area contributed by atoms with Gasteiger partial charge in [0.15, 0.2) is 0 Å². The minimum atomic E-state index is -1.31. The van der Waals surface area contributed by atoms with E-state index < -0.39 is 5.60 Å². The maximum absolute atomic E-state index is 13.1. The molecule has 0 aromatic heterocycles. The van der Waals surface area contributed by atoms with Crippen LogP contribution in [0.1, 0.15) is 70.8 Å². The van der Waals surface area contributed by atoms with Gasteiger partial charge in [-0.25, -0.2) is 0 Å². The Hall–Kier alpha value is -1.39. The second-order valence-corrected chi connectivity index (χ2v) is 9.71. The lowest BCUT2D eigenvalue weighted by atomic mass is 9.85. The molecule has 0 heterocycles. The van der Waals surface area contributed by atoms with Gasteiger partial charge < -0.3 is 16.2 Å². The zero-order valence-corrected chi connectivity index (χ0v) is 17.6. The van der Waals surface area contributed by atoms with Crippen molar-refractivity contribution in [3.63, 3.8) is 0 Å². The third kappa shape index (κ3) is 5.57. The Morgan fingerprint density at radius 1 is 1.18 bits per heavy atom. The van der Waals surface area contributed by atoms with Crippen LogP contribution in [0.4, 0.5) is 0 Å². The number of carbonyl (C=O) groups excluding carboxylic acids is 1. The van der Waals surface area contributed by atoms with Gasteiger partial charge in [-0.05, 0) is 74.7 Å². The average Bonchev–Trinajstić information content (AvgIpc) is 3.28. The van der Waals surface area contributed by atoms with Gasteiger partial charge in [0.2, 0.25) is 0 Å². The van der Waals surface area contributed by atoms with E-state index in [-0.39, 0.29) is 18.0 Å². The van der Waals surface area contributed by atoms with E-state index >= 15 is 0 Å². The molecule has 5 atom stereocenters. The second-order valence-electron chi connectivity index (χ2n) is 9.71. The topological polar surface area (TPSA) is 75.3 Å². The molecule has 1 aromatic carbocycles. The van der Waals surface area contributed by atoms with E-state index in [4.69, 9.17) is 5.73 Å². The molecule has 0 aliphatic heterocycles. The minimum absolute atomic E-state index is 0.0525. The Labute approximate surface area is 170 Å². The fourth-order valence-electron chi connectivity index (χ4n) is 5.05. The highest BCUT2D eigenvalue weighted by atomic mass is 16.3. The first-order valence-corrected chi connectivity index (χ1v) is 11.2. The van der Waals surface area contributed by atoms with Crippen LogP contribution < -0.4 is 11.1 Å². The van der Waals surface area contributed by atoms with E-state index in [1.54, 1.807) is 0 Å². The summed E-state index contributed by atoms with van der Waals surface area (Å²) in [5.74, 6) is 1.68. The summed E-state index contributed by atoms with van der Waals surface area (Å²) in [5.41, 5.74) is 6.24. The third-order valence-electron chi connectivity index (χ3n) is 6.88. The molecule has 1 amide bonds. The molecule has 2 fully saturated rings. The van der Waals surface area contributed by atoms with Crippen LogP contribution in [0.2, 0.25) is 0 Å². The lowest BCUT2D eigenvalue weighted by Gasteiger charge is -2.32. The molecule has 28 heavy (non-hydrogen) atoms. The van der Waals surface area contributed by atoms with Crippen LogP contribution in [0.5, 0.6) is 0 Å². The number of amides is 1.